The summed E-state index contributed by atoms with van der Waals surface area (Å²) in [6, 6.07) is 11.6. The molecule has 0 aliphatic carbocycles. The molecule has 1 fully saturated rings. The summed E-state index contributed by atoms with van der Waals surface area (Å²) >= 11 is 2.91. The number of thiazole rings is 1. The molecule has 1 unspecified atom stereocenters. The molecule has 2 amide bonds. The fourth-order valence-electron chi connectivity index (χ4n) is 4.42. The standard InChI is InChI=1S/C25H26N4O3S2/c26-23(30)19-7-3-4-11-29(19)12-5-10-27-24(31)22-17(9-13-33-22)25-28-18(15-34-25)21-14-16-6-1-2-8-20(16)32-21/h1-2,6,8-9,13-15,19H,3-5,7,10-12H2,(H2,26,30)(H,27,31). The van der Waals surface area contributed by atoms with Gasteiger partial charge >= 0.3 is 0 Å². The van der Waals surface area contributed by atoms with Crippen LogP contribution in [-0.2, 0) is 4.79 Å². The number of piperidine rings is 1. The molecule has 3 aromatic heterocycles. The second-order valence-electron chi connectivity index (χ2n) is 8.41. The van der Waals surface area contributed by atoms with Crippen molar-refractivity contribution in [3.63, 3.8) is 0 Å². The number of furan rings is 1. The number of amides is 2. The third-order valence-corrected chi connectivity index (χ3v) is 7.92. The van der Waals surface area contributed by atoms with Crippen LogP contribution in [0.5, 0.6) is 0 Å². The largest absolute Gasteiger partial charge is 0.454 e. The van der Waals surface area contributed by atoms with Gasteiger partial charge in [-0.25, -0.2) is 4.98 Å². The first-order chi connectivity index (χ1) is 16.6. The number of likely N-dealkylation sites (tertiary alicyclic amines) is 1. The van der Waals surface area contributed by atoms with Crippen LogP contribution in [0.15, 0.2) is 51.6 Å². The number of primary amides is 1. The Labute approximate surface area is 205 Å². The Morgan fingerprint density at radius 1 is 1.21 bits per heavy atom. The Balaban J connectivity index is 1.21. The highest BCUT2D eigenvalue weighted by molar-refractivity contribution is 7.15. The van der Waals surface area contributed by atoms with Gasteiger partial charge in [0.1, 0.15) is 21.2 Å². The van der Waals surface area contributed by atoms with Crippen molar-refractivity contribution < 1.29 is 14.0 Å². The molecule has 0 bridgehead atoms. The lowest BCUT2D eigenvalue weighted by molar-refractivity contribution is -0.124. The second kappa shape index (κ2) is 10.1. The van der Waals surface area contributed by atoms with Crippen LogP contribution in [0.1, 0.15) is 35.4 Å². The van der Waals surface area contributed by atoms with Gasteiger partial charge in [0.2, 0.25) is 5.91 Å². The first kappa shape index (κ1) is 22.8. The number of nitrogens with one attached hydrogen (secondary N) is 1. The van der Waals surface area contributed by atoms with Gasteiger partial charge in [-0.2, -0.15) is 0 Å². The Morgan fingerprint density at radius 3 is 2.94 bits per heavy atom. The molecule has 1 saturated heterocycles. The molecule has 1 aromatic carbocycles. The average Bonchev–Trinajstić information content (AvgIpc) is 3.60. The van der Waals surface area contributed by atoms with E-state index in [0.717, 1.165) is 71.8 Å². The third kappa shape index (κ3) is 4.77. The van der Waals surface area contributed by atoms with Crippen LogP contribution in [0.25, 0.3) is 33.0 Å². The van der Waals surface area contributed by atoms with Crippen LogP contribution in [0, 0.1) is 0 Å². The Bertz CT molecular complexity index is 1280. The van der Waals surface area contributed by atoms with Crippen molar-refractivity contribution >= 4 is 45.5 Å². The van der Waals surface area contributed by atoms with Crippen molar-refractivity contribution in [1.82, 2.24) is 15.2 Å². The zero-order valence-electron chi connectivity index (χ0n) is 18.7. The second-order valence-corrected chi connectivity index (χ2v) is 10.2. The van der Waals surface area contributed by atoms with Gasteiger partial charge in [0, 0.05) is 29.4 Å². The van der Waals surface area contributed by atoms with Crippen LogP contribution < -0.4 is 11.1 Å². The van der Waals surface area contributed by atoms with E-state index in [-0.39, 0.29) is 17.9 Å². The van der Waals surface area contributed by atoms with E-state index in [1.807, 2.05) is 47.2 Å². The average molecular weight is 495 g/mol. The maximum absolute atomic E-state index is 12.9. The summed E-state index contributed by atoms with van der Waals surface area (Å²) in [5, 5.41) is 8.72. The van der Waals surface area contributed by atoms with Crippen LogP contribution in [0.3, 0.4) is 0 Å². The molecular weight excluding hydrogens is 468 g/mol. The van der Waals surface area contributed by atoms with Crippen LogP contribution in [0.2, 0.25) is 0 Å². The summed E-state index contributed by atoms with van der Waals surface area (Å²) in [6.07, 6.45) is 3.71. The Morgan fingerprint density at radius 2 is 2.09 bits per heavy atom. The topological polar surface area (TPSA) is 101 Å². The van der Waals surface area contributed by atoms with Gasteiger partial charge < -0.3 is 15.5 Å². The molecule has 5 rings (SSSR count). The third-order valence-electron chi connectivity index (χ3n) is 6.13. The van der Waals surface area contributed by atoms with Gasteiger partial charge in [0.05, 0.1) is 6.04 Å². The molecule has 0 spiro atoms. The molecule has 34 heavy (non-hydrogen) atoms. The number of thiophene rings is 1. The SMILES string of the molecule is NC(=O)C1CCCCN1CCCNC(=O)c1sccc1-c1nc(-c2cc3ccccc3o2)cs1. The highest BCUT2D eigenvalue weighted by atomic mass is 32.1. The number of hydrogen-bond acceptors (Lipinski definition) is 7. The maximum Gasteiger partial charge on any atom is 0.262 e. The maximum atomic E-state index is 12.9. The zero-order chi connectivity index (χ0) is 23.5. The number of fused-ring (bicyclic) bond motifs is 1. The van der Waals surface area contributed by atoms with Gasteiger partial charge in [-0.05, 0) is 49.4 Å². The number of aromatic nitrogens is 1. The van der Waals surface area contributed by atoms with Crippen molar-refractivity contribution in [3.05, 3.63) is 52.0 Å². The lowest BCUT2D eigenvalue weighted by Gasteiger charge is -2.33. The fourth-order valence-corrected chi connectivity index (χ4v) is 6.13. The van der Waals surface area contributed by atoms with Crippen molar-refractivity contribution in [2.45, 2.75) is 31.7 Å². The highest BCUT2D eigenvalue weighted by Crippen LogP contribution is 2.35. The molecular formula is C25H26N4O3S2. The van der Waals surface area contributed by atoms with Gasteiger partial charge in [0.25, 0.3) is 5.91 Å². The molecule has 1 aliphatic heterocycles. The van der Waals surface area contributed by atoms with E-state index in [4.69, 9.17) is 15.1 Å². The summed E-state index contributed by atoms with van der Waals surface area (Å²) < 4.78 is 5.93. The van der Waals surface area contributed by atoms with Crippen molar-refractivity contribution in [1.29, 1.82) is 0 Å². The van der Waals surface area contributed by atoms with E-state index in [1.165, 1.54) is 22.7 Å². The van der Waals surface area contributed by atoms with Gasteiger partial charge in [0.15, 0.2) is 5.76 Å². The lowest BCUT2D eigenvalue weighted by Crippen LogP contribution is -2.48. The fraction of sp³-hybridized carbons (Fsp3) is 0.320. The molecule has 7 nitrogen and oxygen atoms in total. The first-order valence-corrected chi connectivity index (χ1v) is 13.2. The van der Waals surface area contributed by atoms with E-state index in [0.29, 0.717) is 11.4 Å². The monoisotopic (exact) mass is 494 g/mol. The van der Waals surface area contributed by atoms with E-state index in [2.05, 4.69) is 10.2 Å². The summed E-state index contributed by atoms with van der Waals surface area (Å²) in [7, 11) is 0. The quantitative estimate of drug-likeness (QED) is 0.344. The van der Waals surface area contributed by atoms with Gasteiger partial charge in [-0.3, -0.25) is 14.5 Å². The van der Waals surface area contributed by atoms with E-state index in [9.17, 15) is 9.59 Å². The number of carbonyl (C=O) groups is 2. The Kier molecular flexibility index (Phi) is 6.75. The van der Waals surface area contributed by atoms with Crippen molar-refractivity contribution in [2.75, 3.05) is 19.6 Å². The highest BCUT2D eigenvalue weighted by Gasteiger charge is 2.26. The molecule has 4 heterocycles. The molecule has 0 saturated carbocycles. The van der Waals surface area contributed by atoms with Crippen molar-refractivity contribution in [2.24, 2.45) is 5.73 Å². The van der Waals surface area contributed by atoms with Crippen LogP contribution in [0.4, 0.5) is 0 Å². The molecule has 0 radical (unpaired) electrons. The van der Waals surface area contributed by atoms with Crippen LogP contribution >= 0.6 is 22.7 Å². The summed E-state index contributed by atoms with van der Waals surface area (Å²) in [5.41, 5.74) is 7.97. The number of benzene rings is 1. The number of nitrogens with zero attached hydrogens (tertiary/aromatic N) is 2. The predicted octanol–water partition coefficient (Wildman–Crippen LogP) is 4.74. The number of nitrogens with two attached hydrogens (primary N) is 1. The number of rotatable bonds is 8. The van der Waals surface area contributed by atoms with E-state index < -0.39 is 0 Å². The molecule has 3 N–H and O–H groups in total. The minimum absolute atomic E-state index is 0.101. The summed E-state index contributed by atoms with van der Waals surface area (Å²) in [6.45, 7) is 2.17. The number of para-hydroxylation sites is 1. The molecule has 176 valence electrons. The summed E-state index contributed by atoms with van der Waals surface area (Å²) in [4.78, 5) is 32.1. The van der Waals surface area contributed by atoms with Gasteiger partial charge in [-0.1, -0.05) is 24.6 Å². The molecule has 4 aromatic rings. The normalized spacial score (nSPS) is 16.6. The molecule has 1 atom stereocenters. The number of hydrogen-bond donors (Lipinski definition) is 2. The van der Waals surface area contributed by atoms with Crippen LogP contribution in [-0.4, -0.2) is 47.4 Å². The lowest BCUT2D eigenvalue weighted by atomic mass is 10.0. The molecule has 1 aliphatic rings. The predicted molar refractivity (Wildman–Crippen MR) is 136 cm³/mol. The molecule has 9 heteroatoms. The van der Waals surface area contributed by atoms with E-state index in [1.54, 1.807) is 0 Å². The minimum Gasteiger partial charge on any atom is -0.454 e. The minimum atomic E-state index is -0.252. The first-order valence-electron chi connectivity index (χ1n) is 11.4. The van der Waals surface area contributed by atoms with Crippen molar-refractivity contribution in [3.8, 4) is 22.0 Å². The summed E-state index contributed by atoms with van der Waals surface area (Å²) in [5.74, 6) is 0.366. The van der Waals surface area contributed by atoms with Gasteiger partial charge in [-0.15, -0.1) is 22.7 Å². The van der Waals surface area contributed by atoms with E-state index >= 15 is 0 Å². The zero-order valence-corrected chi connectivity index (χ0v) is 20.3. The number of carbonyl (C=O) groups excluding carboxylic acids is 2. The smallest absolute Gasteiger partial charge is 0.262 e. The Hall–Kier alpha value is -3.01.